The molecule has 1 atom stereocenters. The van der Waals surface area contributed by atoms with Gasteiger partial charge in [0, 0.05) is 11.7 Å². The Morgan fingerprint density at radius 3 is 2.91 bits per heavy atom. The van der Waals surface area contributed by atoms with Crippen molar-refractivity contribution in [2.45, 2.75) is 19.4 Å². The van der Waals surface area contributed by atoms with Gasteiger partial charge in [-0.25, -0.2) is 0 Å². The molecular weight excluding hydrogens is 312 g/mol. The molecule has 1 amide bonds. The van der Waals surface area contributed by atoms with Gasteiger partial charge in [-0.05, 0) is 43.2 Å². The smallest absolute Gasteiger partial charge is 0.265 e. The van der Waals surface area contributed by atoms with Crippen molar-refractivity contribution >= 4 is 23.2 Å². The van der Waals surface area contributed by atoms with E-state index in [1.165, 1.54) is 11.6 Å². The van der Waals surface area contributed by atoms with E-state index < -0.39 is 0 Å². The monoisotopic (exact) mass is 326 g/mol. The van der Waals surface area contributed by atoms with Crippen LogP contribution in [0.1, 0.15) is 18.1 Å². The van der Waals surface area contributed by atoms with Gasteiger partial charge in [0.1, 0.15) is 5.75 Å². The molecule has 23 heavy (non-hydrogen) atoms. The van der Waals surface area contributed by atoms with Crippen molar-refractivity contribution < 1.29 is 9.53 Å². The lowest BCUT2D eigenvalue weighted by molar-refractivity contribution is -0.120. The molecule has 1 heterocycles. The predicted octanol–water partition coefficient (Wildman–Crippen LogP) is 3.57. The summed E-state index contributed by atoms with van der Waals surface area (Å²) >= 11 is 6.06. The number of rotatable bonds is 3. The minimum absolute atomic E-state index is 0.0930. The van der Waals surface area contributed by atoms with E-state index in [-0.39, 0.29) is 18.6 Å². The molecule has 1 aliphatic rings. The summed E-state index contributed by atoms with van der Waals surface area (Å²) in [7, 11) is 0. The third-order valence-electron chi connectivity index (χ3n) is 3.89. The van der Waals surface area contributed by atoms with Gasteiger partial charge in [0.15, 0.2) is 6.61 Å². The van der Waals surface area contributed by atoms with E-state index in [4.69, 9.17) is 21.6 Å². The third kappa shape index (κ3) is 3.01. The molecule has 5 heteroatoms. The predicted molar refractivity (Wildman–Crippen MR) is 88.8 cm³/mol. The van der Waals surface area contributed by atoms with Gasteiger partial charge in [0.2, 0.25) is 0 Å². The SMILES string of the molecule is CC1Cc2ccccc2N1C(=O)COc1ccc(C#N)cc1Cl. The number of nitriles is 1. The summed E-state index contributed by atoms with van der Waals surface area (Å²) in [6, 6.07) is 14.8. The fourth-order valence-electron chi connectivity index (χ4n) is 2.84. The van der Waals surface area contributed by atoms with E-state index in [2.05, 4.69) is 0 Å². The Bertz CT molecular complexity index is 798. The van der Waals surface area contributed by atoms with E-state index in [1.807, 2.05) is 37.3 Å². The number of carbonyl (C=O) groups excluding carboxylic acids is 1. The highest BCUT2D eigenvalue weighted by atomic mass is 35.5. The number of amides is 1. The van der Waals surface area contributed by atoms with Gasteiger partial charge in [-0.15, -0.1) is 0 Å². The van der Waals surface area contributed by atoms with E-state index in [0.717, 1.165) is 12.1 Å². The fourth-order valence-corrected chi connectivity index (χ4v) is 3.08. The van der Waals surface area contributed by atoms with Crippen LogP contribution in [0.15, 0.2) is 42.5 Å². The number of ether oxygens (including phenoxy) is 1. The topological polar surface area (TPSA) is 53.3 Å². The van der Waals surface area contributed by atoms with Crippen LogP contribution in [0.4, 0.5) is 5.69 Å². The van der Waals surface area contributed by atoms with Crippen LogP contribution in [0.25, 0.3) is 0 Å². The lowest BCUT2D eigenvalue weighted by Gasteiger charge is -2.22. The summed E-state index contributed by atoms with van der Waals surface area (Å²) in [6.07, 6.45) is 0.847. The molecule has 0 saturated heterocycles. The zero-order valence-electron chi connectivity index (χ0n) is 12.6. The Morgan fingerprint density at radius 1 is 1.39 bits per heavy atom. The Balaban J connectivity index is 1.72. The summed E-state index contributed by atoms with van der Waals surface area (Å²) in [4.78, 5) is 14.3. The molecule has 0 aromatic heterocycles. The first-order valence-electron chi connectivity index (χ1n) is 7.32. The quantitative estimate of drug-likeness (QED) is 0.866. The van der Waals surface area contributed by atoms with Crippen LogP contribution in [-0.4, -0.2) is 18.6 Å². The zero-order valence-corrected chi connectivity index (χ0v) is 13.4. The Labute approximate surface area is 139 Å². The van der Waals surface area contributed by atoms with E-state index in [0.29, 0.717) is 16.3 Å². The fraction of sp³-hybridized carbons (Fsp3) is 0.222. The maximum Gasteiger partial charge on any atom is 0.265 e. The minimum Gasteiger partial charge on any atom is -0.482 e. The zero-order chi connectivity index (χ0) is 16.4. The maximum absolute atomic E-state index is 12.5. The lowest BCUT2D eigenvalue weighted by atomic mass is 10.1. The molecule has 1 unspecified atom stereocenters. The Hall–Kier alpha value is -2.51. The molecule has 0 bridgehead atoms. The molecule has 4 nitrogen and oxygen atoms in total. The van der Waals surface area contributed by atoms with E-state index in [1.54, 1.807) is 17.0 Å². The van der Waals surface area contributed by atoms with Crippen LogP contribution >= 0.6 is 11.6 Å². The molecule has 2 aromatic carbocycles. The maximum atomic E-state index is 12.5. The van der Waals surface area contributed by atoms with Crippen LogP contribution in [0, 0.1) is 11.3 Å². The van der Waals surface area contributed by atoms with Crippen LogP contribution in [0.2, 0.25) is 5.02 Å². The van der Waals surface area contributed by atoms with Gasteiger partial charge in [-0.1, -0.05) is 29.8 Å². The molecule has 2 aromatic rings. The number of benzene rings is 2. The first-order valence-corrected chi connectivity index (χ1v) is 7.70. The average Bonchev–Trinajstić information content (AvgIpc) is 2.89. The standard InChI is InChI=1S/C18H15ClN2O2/c1-12-8-14-4-2-3-5-16(14)21(12)18(22)11-23-17-7-6-13(10-20)9-15(17)19/h2-7,9,12H,8,11H2,1H3. The number of fused-ring (bicyclic) bond motifs is 1. The van der Waals surface area contributed by atoms with Crippen molar-refractivity contribution in [1.82, 2.24) is 0 Å². The molecule has 0 saturated carbocycles. The van der Waals surface area contributed by atoms with Crippen molar-refractivity contribution in [3.63, 3.8) is 0 Å². The van der Waals surface area contributed by atoms with Crippen LogP contribution in [0.5, 0.6) is 5.75 Å². The first-order chi connectivity index (χ1) is 11.1. The highest BCUT2D eigenvalue weighted by molar-refractivity contribution is 6.32. The second-order valence-electron chi connectivity index (χ2n) is 5.49. The number of carbonyl (C=O) groups is 1. The van der Waals surface area contributed by atoms with Crippen molar-refractivity contribution in [3.05, 3.63) is 58.6 Å². The van der Waals surface area contributed by atoms with E-state index >= 15 is 0 Å². The molecular formula is C18H15ClN2O2. The summed E-state index contributed by atoms with van der Waals surface area (Å²) in [6.45, 7) is 1.93. The van der Waals surface area contributed by atoms with Crippen molar-refractivity contribution in [2.75, 3.05) is 11.5 Å². The first kappa shape index (κ1) is 15.4. The lowest BCUT2D eigenvalue weighted by Crippen LogP contribution is -2.39. The van der Waals surface area contributed by atoms with Crippen LogP contribution in [-0.2, 0) is 11.2 Å². The van der Waals surface area contributed by atoms with Gasteiger partial charge in [0.25, 0.3) is 5.91 Å². The summed E-state index contributed by atoms with van der Waals surface area (Å²) in [5.74, 6) is 0.294. The molecule has 0 N–H and O–H groups in total. The molecule has 1 aliphatic heterocycles. The second kappa shape index (κ2) is 6.31. The van der Waals surface area contributed by atoms with Gasteiger partial charge < -0.3 is 9.64 Å². The third-order valence-corrected chi connectivity index (χ3v) is 4.18. The molecule has 0 aliphatic carbocycles. The Kier molecular flexibility index (Phi) is 4.22. The highest BCUT2D eigenvalue weighted by Crippen LogP contribution is 2.32. The Morgan fingerprint density at radius 2 is 2.17 bits per heavy atom. The summed E-state index contributed by atoms with van der Waals surface area (Å²) < 4.78 is 5.54. The minimum atomic E-state index is -0.108. The van der Waals surface area contributed by atoms with Crippen molar-refractivity contribution in [3.8, 4) is 11.8 Å². The van der Waals surface area contributed by atoms with Gasteiger partial charge in [-0.3, -0.25) is 4.79 Å². The molecule has 116 valence electrons. The number of halogens is 1. The highest BCUT2D eigenvalue weighted by Gasteiger charge is 2.30. The molecule has 0 fully saturated rings. The molecule has 0 spiro atoms. The van der Waals surface area contributed by atoms with Crippen LogP contribution in [0.3, 0.4) is 0 Å². The molecule has 0 radical (unpaired) electrons. The molecule has 3 rings (SSSR count). The van der Waals surface area contributed by atoms with Gasteiger partial charge in [0.05, 0.1) is 16.7 Å². The average molecular weight is 327 g/mol. The summed E-state index contributed by atoms with van der Waals surface area (Å²) in [5, 5.41) is 9.15. The number of hydrogen-bond acceptors (Lipinski definition) is 3. The van der Waals surface area contributed by atoms with Gasteiger partial charge >= 0.3 is 0 Å². The van der Waals surface area contributed by atoms with Crippen molar-refractivity contribution in [1.29, 1.82) is 5.26 Å². The van der Waals surface area contributed by atoms with Crippen LogP contribution < -0.4 is 9.64 Å². The number of anilines is 1. The largest absolute Gasteiger partial charge is 0.482 e. The number of nitrogens with zero attached hydrogens (tertiary/aromatic N) is 2. The van der Waals surface area contributed by atoms with Gasteiger partial charge in [-0.2, -0.15) is 5.26 Å². The normalized spacial score (nSPS) is 15.9. The van der Waals surface area contributed by atoms with Crippen molar-refractivity contribution in [2.24, 2.45) is 0 Å². The number of hydrogen-bond donors (Lipinski definition) is 0. The number of para-hydroxylation sites is 1. The second-order valence-corrected chi connectivity index (χ2v) is 5.90. The summed E-state index contributed by atoms with van der Waals surface area (Å²) in [5.41, 5.74) is 2.57. The van der Waals surface area contributed by atoms with E-state index in [9.17, 15) is 4.79 Å².